The van der Waals surface area contributed by atoms with E-state index < -0.39 is 21.0 Å². The molecule has 2 atom stereocenters. The Morgan fingerprint density at radius 1 is 1.55 bits per heavy atom. The summed E-state index contributed by atoms with van der Waals surface area (Å²) in [6.07, 6.45) is 3.29. The van der Waals surface area contributed by atoms with Crippen LogP contribution in [0.3, 0.4) is 0 Å². The summed E-state index contributed by atoms with van der Waals surface area (Å²) in [5.41, 5.74) is 0. The van der Waals surface area contributed by atoms with Gasteiger partial charge < -0.3 is 5.32 Å². The van der Waals surface area contributed by atoms with E-state index in [-0.39, 0.29) is 0 Å². The number of amides is 1. The smallest absolute Gasteiger partial charge is 0.238 e. The molecule has 0 aliphatic carbocycles. The van der Waals surface area contributed by atoms with Gasteiger partial charge in [-0.15, -0.1) is 11.3 Å². The summed E-state index contributed by atoms with van der Waals surface area (Å²) in [4.78, 5) is 15.6. The molecule has 0 saturated carbocycles. The molecule has 124 valence electrons. The molecule has 0 radical (unpaired) electrons. The van der Waals surface area contributed by atoms with Crippen molar-refractivity contribution in [1.29, 1.82) is 0 Å². The highest BCUT2D eigenvalue weighted by Gasteiger charge is 2.25. The number of carbonyl (C=O) groups is 1. The zero-order valence-electron chi connectivity index (χ0n) is 13.1. The molecule has 5 nitrogen and oxygen atoms in total. The number of rotatable bonds is 6. The normalized spacial score (nSPS) is 21.5. The van der Waals surface area contributed by atoms with Gasteiger partial charge in [0.2, 0.25) is 5.91 Å². The molecule has 22 heavy (non-hydrogen) atoms. The van der Waals surface area contributed by atoms with E-state index >= 15 is 0 Å². The summed E-state index contributed by atoms with van der Waals surface area (Å²) in [6.45, 7) is 4.99. The molecule has 1 N–H and O–H groups in total. The van der Waals surface area contributed by atoms with Crippen LogP contribution in [0.15, 0.2) is 17.5 Å². The van der Waals surface area contributed by atoms with Crippen molar-refractivity contribution in [2.75, 3.05) is 25.9 Å². The molecule has 1 aliphatic heterocycles. The zero-order chi connectivity index (χ0) is 16.2. The third-order valence-corrected chi connectivity index (χ3v) is 6.50. The quantitative estimate of drug-likeness (QED) is 0.849. The van der Waals surface area contributed by atoms with Gasteiger partial charge in [-0.1, -0.05) is 6.07 Å². The number of nitrogens with one attached hydrogen (secondary N) is 1. The highest BCUT2D eigenvalue weighted by molar-refractivity contribution is 7.92. The molecule has 7 heteroatoms. The van der Waals surface area contributed by atoms with Crippen LogP contribution in [0.4, 0.5) is 0 Å². The third-order valence-electron chi connectivity index (χ3n) is 4.14. The fourth-order valence-corrected chi connectivity index (χ4v) is 3.89. The first-order valence-electron chi connectivity index (χ1n) is 7.57. The van der Waals surface area contributed by atoms with Crippen molar-refractivity contribution in [2.24, 2.45) is 5.92 Å². The first kappa shape index (κ1) is 17.4. The van der Waals surface area contributed by atoms with Crippen LogP contribution in [0, 0.1) is 5.92 Å². The van der Waals surface area contributed by atoms with Crippen molar-refractivity contribution in [3.63, 3.8) is 0 Å². The molecule has 2 rings (SSSR count). The van der Waals surface area contributed by atoms with Gasteiger partial charge >= 0.3 is 0 Å². The maximum Gasteiger partial charge on any atom is 0.238 e. The fourth-order valence-electron chi connectivity index (χ4n) is 2.67. The average Bonchev–Trinajstić information content (AvgIpc) is 2.96. The lowest BCUT2D eigenvalue weighted by Gasteiger charge is -2.32. The van der Waals surface area contributed by atoms with Crippen molar-refractivity contribution in [3.05, 3.63) is 22.4 Å². The summed E-state index contributed by atoms with van der Waals surface area (Å²) in [5, 5.41) is 3.91. The number of hydrogen-bond donors (Lipinski definition) is 1. The molecule has 2 heterocycles. The molecule has 1 aromatic rings. The van der Waals surface area contributed by atoms with E-state index in [0.717, 1.165) is 38.7 Å². The van der Waals surface area contributed by atoms with Gasteiger partial charge in [0.25, 0.3) is 0 Å². The Bertz CT molecular complexity index is 584. The summed E-state index contributed by atoms with van der Waals surface area (Å²) in [6, 6.07) is 4.21. The standard InChI is InChI=1S/C15H24N2O3S2/c1-12(22(2,19)20)15(18)16-9-13-5-3-7-17(10-13)11-14-6-4-8-21-14/h4,6,8,12-13H,3,5,7,9-11H2,1-2H3,(H,16,18)/t12-,13-/m1/s1. The summed E-state index contributed by atoms with van der Waals surface area (Å²) in [7, 11) is -3.32. The number of thiophene rings is 1. The lowest BCUT2D eigenvalue weighted by molar-refractivity contribution is -0.120. The average molecular weight is 345 g/mol. The molecule has 0 bridgehead atoms. The molecule has 1 aliphatic rings. The van der Waals surface area contributed by atoms with Gasteiger partial charge in [-0.25, -0.2) is 8.42 Å². The Morgan fingerprint density at radius 3 is 2.95 bits per heavy atom. The van der Waals surface area contributed by atoms with Crippen molar-refractivity contribution < 1.29 is 13.2 Å². The van der Waals surface area contributed by atoms with E-state index in [2.05, 4.69) is 27.7 Å². The zero-order valence-corrected chi connectivity index (χ0v) is 14.8. The van der Waals surface area contributed by atoms with Crippen molar-refractivity contribution in [1.82, 2.24) is 10.2 Å². The van der Waals surface area contributed by atoms with Crippen molar-refractivity contribution in [2.45, 2.75) is 31.6 Å². The monoisotopic (exact) mass is 344 g/mol. The van der Waals surface area contributed by atoms with Crippen molar-refractivity contribution >= 4 is 27.1 Å². The first-order valence-corrected chi connectivity index (χ1v) is 10.4. The second-order valence-corrected chi connectivity index (χ2v) is 9.44. The van der Waals surface area contributed by atoms with Crippen molar-refractivity contribution in [3.8, 4) is 0 Å². The lowest BCUT2D eigenvalue weighted by Crippen LogP contribution is -2.44. The maximum atomic E-state index is 11.9. The maximum absolute atomic E-state index is 11.9. The minimum atomic E-state index is -3.32. The molecule has 1 amide bonds. The minimum Gasteiger partial charge on any atom is -0.355 e. The van der Waals surface area contributed by atoms with Gasteiger partial charge in [0.15, 0.2) is 9.84 Å². The largest absolute Gasteiger partial charge is 0.355 e. The van der Waals surface area contributed by atoms with E-state index in [1.165, 1.54) is 11.8 Å². The van der Waals surface area contributed by atoms with Gasteiger partial charge in [0, 0.05) is 30.8 Å². The molecule has 0 aromatic carbocycles. The fraction of sp³-hybridized carbons (Fsp3) is 0.667. The highest BCUT2D eigenvalue weighted by atomic mass is 32.2. The summed E-state index contributed by atoms with van der Waals surface area (Å²) >= 11 is 1.76. The third kappa shape index (κ3) is 5.07. The number of carbonyl (C=O) groups excluding carboxylic acids is 1. The second-order valence-electron chi connectivity index (χ2n) is 6.04. The molecule has 1 fully saturated rings. The number of piperidine rings is 1. The summed E-state index contributed by atoms with van der Waals surface area (Å²) in [5.74, 6) is 0.00213. The van der Waals surface area contributed by atoms with Crippen LogP contribution in [0.2, 0.25) is 0 Å². The number of sulfone groups is 1. The topological polar surface area (TPSA) is 66.5 Å². The minimum absolute atomic E-state index is 0.391. The van der Waals surface area contributed by atoms with Crippen LogP contribution in [-0.2, 0) is 21.2 Å². The molecule has 1 saturated heterocycles. The highest BCUT2D eigenvalue weighted by Crippen LogP contribution is 2.20. The second kappa shape index (κ2) is 7.57. The van der Waals surface area contributed by atoms with Gasteiger partial charge in [-0.3, -0.25) is 9.69 Å². The van der Waals surface area contributed by atoms with E-state index in [9.17, 15) is 13.2 Å². The number of hydrogen-bond acceptors (Lipinski definition) is 5. The Balaban J connectivity index is 1.79. The van der Waals surface area contributed by atoms with Gasteiger partial charge in [-0.2, -0.15) is 0 Å². The van der Waals surface area contributed by atoms with E-state index in [1.54, 1.807) is 11.3 Å². The molecule has 0 unspecified atom stereocenters. The lowest BCUT2D eigenvalue weighted by atomic mass is 9.98. The van der Waals surface area contributed by atoms with E-state index in [0.29, 0.717) is 12.5 Å². The summed E-state index contributed by atoms with van der Waals surface area (Å²) < 4.78 is 22.8. The van der Waals surface area contributed by atoms with Crippen LogP contribution in [-0.4, -0.2) is 50.4 Å². The number of likely N-dealkylation sites (tertiary alicyclic amines) is 1. The van der Waals surface area contributed by atoms with Gasteiger partial charge in [0.1, 0.15) is 5.25 Å². The van der Waals surface area contributed by atoms with Crippen LogP contribution in [0.5, 0.6) is 0 Å². The Hall–Kier alpha value is -0.920. The van der Waals surface area contributed by atoms with E-state index in [4.69, 9.17) is 0 Å². The van der Waals surface area contributed by atoms with Crippen LogP contribution in [0.1, 0.15) is 24.6 Å². The predicted octanol–water partition coefficient (Wildman–Crippen LogP) is 1.51. The molecule has 1 aromatic heterocycles. The predicted molar refractivity (Wildman–Crippen MR) is 89.6 cm³/mol. The van der Waals surface area contributed by atoms with Crippen LogP contribution >= 0.6 is 11.3 Å². The SMILES string of the molecule is C[C@H](C(=O)NC[C@H]1CCCN(Cc2cccs2)C1)S(C)(=O)=O. The molecular formula is C15H24N2O3S2. The van der Waals surface area contributed by atoms with Crippen LogP contribution < -0.4 is 5.32 Å². The van der Waals surface area contributed by atoms with Gasteiger partial charge in [-0.05, 0) is 43.7 Å². The van der Waals surface area contributed by atoms with E-state index in [1.807, 2.05) is 0 Å². The number of nitrogens with zero attached hydrogens (tertiary/aromatic N) is 1. The Labute approximate surface area is 136 Å². The first-order chi connectivity index (χ1) is 10.4. The molecule has 0 spiro atoms. The Kier molecular flexibility index (Phi) is 6.00. The van der Waals surface area contributed by atoms with Crippen LogP contribution in [0.25, 0.3) is 0 Å². The Morgan fingerprint density at radius 2 is 2.32 bits per heavy atom. The van der Waals surface area contributed by atoms with Gasteiger partial charge in [0.05, 0.1) is 0 Å². The molecular weight excluding hydrogens is 320 g/mol.